The van der Waals surface area contributed by atoms with E-state index >= 15 is 0 Å². The molecule has 2 aromatic carbocycles. The van der Waals surface area contributed by atoms with Crippen molar-refractivity contribution in [3.8, 4) is 5.75 Å². The molecule has 0 radical (unpaired) electrons. The van der Waals surface area contributed by atoms with Crippen LogP contribution in [0.4, 0.5) is 5.69 Å². The predicted molar refractivity (Wildman–Crippen MR) is 104 cm³/mol. The Bertz CT molecular complexity index is 955. The van der Waals surface area contributed by atoms with Crippen molar-refractivity contribution in [2.45, 2.75) is 20.8 Å². The predicted octanol–water partition coefficient (Wildman–Crippen LogP) is 3.97. The first-order valence-electron chi connectivity index (χ1n) is 8.72. The molecule has 27 heavy (non-hydrogen) atoms. The van der Waals surface area contributed by atoms with Crippen molar-refractivity contribution in [1.82, 2.24) is 0 Å². The molecule has 0 atom stereocenters. The molecule has 0 spiro atoms. The van der Waals surface area contributed by atoms with E-state index in [4.69, 9.17) is 4.74 Å². The number of hydrogen-bond acceptors (Lipinski definition) is 4. The van der Waals surface area contributed by atoms with Gasteiger partial charge >= 0.3 is 5.97 Å². The molecule has 138 valence electrons. The van der Waals surface area contributed by atoms with Crippen molar-refractivity contribution in [3.05, 3.63) is 76.5 Å². The molecular weight excluding hydrogens is 342 g/mol. The van der Waals surface area contributed by atoms with Crippen LogP contribution in [0.3, 0.4) is 0 Å². The van der Waals surface area contributed by atoms with Gasteiger partial charge in [-0.2, -0.15) is 0 Å². The van der Waals surface area contributed by atoms with Crippen molar-refractivity contribution >= 4 is 23.6 Å². The van der Waals surface area contributed by atoms with Crippen LogP contribution in [0.15, 0.2) is 65.4 Å². The molecule has 1 heterocycles. The summed E-state index contributed by atoms with van der Waals surface area (Å²) in [4.78, 5) is 27.2. The normalized spacial score (nSPS) is 15.6. The lowest BCUT2D eigenvalue weighted by Gasteiger charge is -2.18. The molecule has 0 aromatic heterocycles. The first kappa shape index (κ1) is 18.5. The Kier molecular flexibility index (Phi) is 5.12. The minimum Gasteiger partial charge on any atom is -0.508 e. The van der Waals surface area contributed by atoms with Gasteiger partial charge in [0.25, 0.3) is 5.91 Å². The standard InChI is InChI=1S/C22H21NO4/c1-4-27-22(26)20-15(3)23(17-10-8-14(2)9-11-17)21(25)19(20)13-16-6-5-7-18(24)12-16/h5-13,24H,4H2,1-3H3/b19-13+. The van der Waals surface area contributed by atoms with Crippen LogP contribution >= 0.6 is 0 Å². The van der Waals surface area contributed by atoms with E-state index in [0.717, 1.165) is 5.56 Å². The van der Waals surface area contributed by atoms with Gasteiger partial charge < -0.3 is 9.84 Å². The fourth-order valence-corrected chi connectivity index (χ4v) is 3.07. The Labute approximate surface area is 158 Å². The van der Waals surface area contributed by atoms with Crippen LogP contribution in [0.5, 0.6) is 5.75 Å². The SMILES string of the molecule is CCOC(=O)C1=C(C)N(c2ccc(C)cc2)C(=O)/C1=C/c1cccc(O)c1. The summed E-state index contributed by atoms with van der Waals surface area (Å²) in [5, 5.41) is 9.69. The maximum atomic E-state index is 13.2. The number of aryl methyl sites for hydroxylation is 1. The van der Waals surface area contributed by atoms with Crippen LogP contribution in [-0.4, -0.2) is 23.6 Å². The molecule has 1 amide bonds. The molecule has 0 saturated heterocycles. The van der Waals surface area contributed by atoms with Crippen molar-refractivity contribution in [1.29, 1.82) is 0 Å². The number of phenolic OH excluding ortho intramolecular Hbond substituents is 1. The molecule has 2 aromatic rings. The van der Waals surface area contributed by atoms with Gasteiger partial charge in [0, 0.05) is 11.4 Å². The Balaban J connectivity index is 2.12. The lowest BCUT2D eigenvalue weighted by atomic mass is 10.0. The monoisotopic (exact) mass is 363 g/mol. The number of phenols is 1. The quantitative estimate of drug-likeness (QED) is 0.659. The Morgan fingerprint density at radius 1 is 1.15 bits per heavy atom. The maximum absolute atomic E-state index is 13.2. The van der Waals surface area contributed by atoms with Gasteiger partial charge in [0.1, 0.15) is 5.75 Å². The fraction of sp³-hybridized carbons (Fsp3) is 0.182. The fourth-order valence-electron chi connectivity index (χ4n) is 3.07. The lowest BCUT2D eigenvalue weighted by Crippen LogP contribution is -2.24. The number of ether oxygens (including phenoxy) is 1. The number of benzene rings is 2. The summed E-state index contributed by atoms with van der Waals surface area (Å²) in [6.45, 7) is 5.64. The second kappa shape index (κ2) is 7.50. The molecule has 0 bridgehead atoms. The zero-order chi connectivity index (χ0) is 19.6. The van der Waals surface area contributed by atoms with Gasteiger partial charge in [0.15, 0.2) is 0 Å². The van der Waals surface area contributed by atoms with Crippen LogP contribution in [-0.2, 0) is 14.3 Å². The summed E-state index contributed by atoms with van der Waals surface area (Å²) in [6, 6.07) is 14.0. The van der Waals surface area contributed by atoms with Crippen molar-refractivity contribution < 1.29 is 19.4 Å². The van der Waals surface area contributed by atoms with Gasteiger partial charge in [-0.15, -0.1) is 0 Å². The second-order valence-corrected chi connectivity index (χ2v) is 6.31. The van der Waals surface area contributed by atoms with Crippen molar-refractivity contribution in [2.24, 2.45) is 0 Å². The van der Waals surface area contributed by atoms with E-state index in [-0.39, 0.29) is 29.4 Å². The molecule has 3 rings (SSSR count). The molecule has 5 nitrogen and oxygen atoms in total. The van der Waals surface area contributed by atoms with E-state index in [9.17, 15) is 14.7 Å². The van der Waals surface area contributed by atoms with Gasteiger partial charge in [-0.25, -0.2) is 4.79 Å². The van der Waals surface area contributed by atoms with Gasteiger partial charge in [0.05, 0.1) is 17.8 Å². The number of anilines is 1. The van der Waals surface area contributed by atoms with E-state index in [1.54, 1.807) is 38.1 Å². The van der Waals surface area contributed by atoms with Gasteiger partial charge in [-0.3, -0.25) is 9.69 Å². The zero-order valence-electron chi connectivity index (χ0n) is 15.5. The van der Waals surface area contributed by atoms with Crippen LogP contribution < -0.4 is 4.90 Å². The third kappa shape index (κ3) is 3.62. The van der Waals surface area contributed by atoms with Gasteiger partial charge in [-0.1, -0.05) is 29.8 Å². The summed E-state index contributed by atoms with van der Waals surface area (Å²) < 4.78 is 5.17. The topological polar surface area (TPSA) is 66.8 Å². The number of carbonyl (C=O) groups is 2. The number of aromatic hydroxyl groups is 1. The second-order valence-electron chi connectivity index (χ2n) is 6.31. The number of amides is 1. The molecule has 1 N–H and O–H groups in total. The molecule has 0 aliphatic carbocycles. The number of nitrogens with zero attached hydrogens (tertiary/aromatic N) is 1. The number of allylic oxidation sites excluding steroid dienone is 1. The largest absolute Gasteiger partial charge is 0.508 e. The Morgan fingerprint density at radius 2 is 1.85 bits per heavy atom. The summed E-state index contributed by atoms with van der Waals surface area (Å²) >= 11 is 0. The summed E-state index contributed by atoms with van der Waals surface area (Å²) in [5.41, 5.74) is 3.40. The number of rotatable bonds is 4. The Morgan fingerprint density at radius 3 is 2.48 bits per heavy atom. The van der Waals surface area contributed by atoms with Crippen LogP contribution in [0, 0.1) is 6.92 Å². The van der Waals surface area contributed by atoms with Crippen molar-refractivity contribution in [2.75, 3.05) is 11.5 Å². The van der Waals surface area contributed by atoms with E-state index in [2.05, 4.69) is 0 Å². The zero-order valence-corrected chi connectivity index (χ0v) is 15.5. The van der Waals surface area contributed by atoms with Gasteiger partial charge in [-0.05, 0) is 56.7 Å². The summed E-state index contributed by atoms with van der Waals surface area (Å²) in [6.07, 6.45) is 1.60. The molecule has 0 unspecified atom stereocenters. The average Bonchev–Trinajstić information content (AvgIpc) is 2.86. The highest BCUT2D eigenvalue weighted by atomic mass is 16.5. The minimum absolute atomic E-state index is 0.0866. The molecule has 0 fully saturated rings. The molecular formula is C22H21NO4. The molecule has 5 heteroatoms. The van der Waals surface area contributed by atoms with E-state index in [1.165, 1.54) is 11.0 Å². The smallest absolute Gasteiger partial charge is 0.340 e. The molecule has 0 saturated carbocycles. The molecule has 1 aliphatic rings. The highest BCUT2D eigenvalue weighted by molar-refractivity contribution is 6.23. The molecule has 1 aliphatic heterocycles. The number of carbonyl (C=O) groups excluding carboxylic acids is 2. The van der Waals surface area contributed by atoms with Gasteiger partial charge in [0.2, 0.25) is 0 Å². The van der Waals surface area contributed by atoms with Crippen LogP contribution in [0.2, 0.25) is 0 Å². The maximum Gasteiger partial charge on any atom is 0.340 e. The average molecular weight is 363 g/mol. The van der Waals surface area contributed by atoms with E-state index in [1.807, 2.05) is 31.2 Å². The summed E-state index contributed by atoms with van der Waals surface area (Å²) in [7, 11) is 0. The van der Waals surface area contributed by atoms with Crippen LogP contribution in [0.25, 0.3) is 6.08 Å². The first-order valence-corrected chi connectivity index (χ1v) is 8.72. The first-order chi connectivity index (χ1) is 12.9. The van der Waals surface area contributed by atoms with E-state index in [0.29, 0.717) is 16.9 Å². The lowest BCUT2D eigenvalue weighted by molar-refractivity contribution is -0.138. The highest BCUT2D eigenvalue weighted by Gasteiger charge is 2.38. The van der Waals surface area contributed by atoms with Crippen LogP contribution in [0.1, 0.15) is 25.0 Å². The number of esters is 1. The third-order valence-electron chi connectivity index (χ3n) is 4.35. The Hall–Kier alpha value is -3.34. The van der Waals surface area contributed by atoms with E-state index < -0.39 is 5.97 Å². The highest BCUT2D eigenvalue weighted by Crippen LogP contribution is 2.35. The summed E-state index contributed by atoms with van der Waals surface area (Å²) in [5.74, 6) is -0.754. The minimum atomic E-state index is -0.538. The number of hydrogen-bond donors (Lipinski definition) is 1. The third-order valence-corrected chi connectivity index (χ3v) is 4.35. The van der Waals surface area contributed by atoms with Crippen molar-refractivity contribution in [3.63, 3.8) is 0 Å².